The van der Waals surface area contributed by atoms with E-state index in [1.165, 1.54) is 0 Å². The van der Waals surface area contributed by atoms with E-state index in [-0.39, 0.29) is 0 Å². The fourth-order valence-electron chi connectivity index (χ4n) is 1.45. The Morgan fingerprint density at radius 3 is 3.12 bits per heavy atom. The van der Waals surface area contributed by atoms with Crippen LogP contribution in [0.25, 0.3) is 5.65 Å². The Balaban J connectivity index is 2.03. The molecule has 5 heteroatoms. The van der Waals surface area contributed by atoms with E-state index in [0.29, 0.717) is 12.0 Å². The maximum Gasteiger partial charge on any atom is 0.243 e. The van der Waals surface area contributed by atoms with E-state index in [1.54, 1.807) is 4.52 Å². The van der Waals surface area contributed by atoms with Crippen LogP contribution in [0.5, 0.6) is 0 Å². The topological polar surface area (TPSA) is 42.2 Å². The van der Waals surface area contributed by atoms with Gasteiger partial charge in [0, 0.05) is 18.0 Å². The molecule has 1 N–H and O–H groups in total. The molecule has 0 bridgehead atoms. The van der Waals surface area contributed by atoms with Crippen LogP contribution < -0.4 is 5.32 Å². The zero-order valence-corrected chi connectivity index (χ0v) is 10.4. The second-order valence-electron chi connectivity index (χ2n) is 3.64. The molecule has 0 saturated carbocycles. The quantitative estimate of drug-likeness (QED) is 0.865. The highest BCUT2D eigenvalue weighted by molar-refractivity contribution is 7.99. The second-order valence-corrected chi connectivity index (χ2v) is 4.96. The Morgan fingerprint density at radius 2 is 2.38 bits per heavy atom. The van der Waals surface area contributed by atoms with Crippen molar-refractivity contribution in [2.75, 3.05) is 16.8 Å². The Bertz CT molecular complexity index is 421. The molecule has 0 fully saturated rings. The van der Waals surface area contributed by atoms with Crippen LogP contribution in [0.3, 0.4) is 0 Å². The molecule has 0 aliphatic rings. The maximum absolute atomic E-state index is 4.39. The largest absolute Gasteiger partial charge is 0.350 e. The zero-order chi connectivity index (χ0) is 11.4. The van der Waals surface area contributed by atoms with Gasteiger partial charge in [-0.15, -0.1) is 5.10 Å². The first-order chi connectivity index (χ1) is 7.79. The predicted molar refractivity (Wildman–Crippen MR) is 69.1 cm³/mol. The third-order valence-corrected chi connectivity index (χ3v) is 3.33. The van der Waals surface area contributed by atoms with Crippen LogP contribution in [0.2, 0.25) is 0 Å². The summed E-state index contributed by atoms with van der Waals surface area (Å²) in [5, 5.41) is 7.65. The summed E-state index contributed by atoms with van der Waals surface area (Å²) >= 11 is 1.92. The smallest absolute Gasteiger partial charge is 0.243 e. The van der Waals surface area contributed by atoms with Gasteiger partial charge in [-0.3, -0.25) is 0 Å². The lowest BCUT2D eigenvalue weighted by Gasteiger charge is -2.10. The van der Waals surface area contributed by atoms with Gasteiger partial charge in [0.15, 0.2) is 5.65 Å². The molecular formula is C11H16N4S. The van der Waals surface area contributed by atoms with Gasteiger partial charge in [-0.25, -0.2) is 4.52 Å². The van der Waals surface area contributed by atoms with Crippen LogP contribution in [-0.2, 0) is 0 Å². The average molecular weight is 236 g/mol. The second kappa shape index (κ2) is 5.21. The van der Waals surface area contributed by atoms with Crippen molar-refractivity contribution < 1.29 is 0 Å². The number of hydrogen-bond acceptors (Lipinski definition) is 4. The molecule has 1 unspecified atom stereocenters. The number of thioether (sulfide) groups is 1. The van der Waals surface area contributed by atoms with Crippen LogP contribution in [0.15, 0.2) is 24.4 Å². The fourth-order valence-corrected chi connectivity index (χ4v) is 2.12. The van der Waals surface area contributed by atoms with Crippen LogP contribution in [0.4, 0.5) is 5.95 Å². The van der Waals surface area contributed by atoms with Gasteiger partial charge >= 0.3 is 0 Å². The molecule has 2 aromatic heterocycles. The lowest BCUT2D eigenvalue weighted by Crippen LogP contribution is -2.18. The van der Waals surface area contributed by atoms with Gasteiger partial charge in [-0.1, -0.05) is 13.0 Å². The van der Waals surface area contributed by atoms with Crippen LogP contribution in [0.1, 0.15) is 13.8 Å². The summed E-state index contributed by atoms with van der Waals surface area (Å²) in [6.45, 7) is 4.31. The maximum atomic E-state index is 4.39. The molecule has 0 spiro atoms. The number of aromatic nitrogens is 3. The first-order valence-electron chi connectivity index (χ1n) is 5.45. The van der Waals surface area contributed by atoms with Crippen molar-refractivity contribution in [2.24, 2.45) is 0 Å². The summed E-state index contributed by atoms with van der Waals surface area (Å²) in [4.78, 5) is 4.39. The lowest BCUT2D eigenvalue weighted by atomic mass is 10.4. The molecule has 1 atom stereocenters. The number of nitrogens with zero attached hydrogens (tertiary/aromatic N) is 3. The van der Waals surface area contributed by atoms with E-state index >= 15 is 0 Å². The van der Waals surface area contributed by atoms with Crippen molar-refractivity contribution in [1.29, 1.82) is 0 Å². The Hall–Kier alpha value is -1.23. The highest BCUT2D eigenvalue weighted by atomic mass is 32.2. The van der Waals surface area contributed by atoms with Crippen molar-refractivity contribution in [3.63, 3.8) is 0 Å². The van der Waals surface area contributed by atoms with E-state index in [9.17, 15) is 0 Å². The number of pyridine rings is 1. The Morgan fingerprint density at radius 1 is 1.50 bits per heavy atom. The summed E-state index contributed by atoms with van der Waals surface area (Å²) < 4.78 is 1.78. The summed E-state index contributed by atoms with van der Waals surface area (Å²) in [5.74, 6) is 2.92. The van der Waals surface area contributed by atoms with Crippen LogP contribution in [-0.4, -0.2) is 32.1 Å². The van der Waals surface area contributed by atoms with Crippen LogP contribution in [0, 0.1) is 0 Å². The monoisotopic (exact) mass is 236 g/mol. The minimum absolute atomic E-state index is 0.391. The van der Waals surface area contributed by atoms with E-state index in [4.69, 9.17) is 0 Å². The fraction of sp³-hybridized carbons (Fsp3) is 0.455. The highest BCUT2D eigenvalue weighted by Gasteiger charge is 2.06. The summed E-state index contributed by atoms with van der Waals surface area (Å²) in [6, 6.07) is 6.25. The highest BCUT2D eigenvalue weighted by Crippen LogP contribution is 2.08. The first kappa shape index (κ1) is 11.3. The van der Waals surface area contributed by atoms with E-state index < -0.39 is 0 Å². The molecule has 4 nitrogen and oxygen atoms in total. The van der Waals surface area contributed by atoms with Gasteiger partial charge in [-0.2, -0.15) is 16.7 Å². The molecule has 0 radical (unpaired) electrons. The Kier molecular flexibility index (Phi) is 3.66. The van der Waals surface area contributed by atoms with Crippen molar-refractivity contribution >= 4 is 23.4 Å². The first-order valence-corrected chi connectivity index (χ1v) is 6.60. The molecule has 0 aliphatic heterocycles. The number of fused-ring (bicyclic) bond motifs is 1. The van der Waals surface area contributed by atoms with Crippen molar-refractivity contribution in [3.05, 3.63) is 24.4 Å². The average Bonchev–Trinajstić information content (AvgIpc) is 2.68. The van der Waals surface area contributed by atoms with Gasteiger partial charge in [0.25, 0.3) is 0 Å². The van der Waals surface area contributed by atoms with E-state index in [0.717, 1.165) is 17.2 Å². The Labute approximate surface area is 99.5 Å². The molecule has 86 valence electrons. The van der Waals surface area contributed by atoms with Crippen molar-refractivity contribution in [3.8, 4) is 0 Å². The molecule has 2 aromatic rings. The molecule has 2 heterocycles. The standard InChI is InChI=1S/C11H16N4S/c1-3-16-8-9(2)12-11-13-10-6-4-5-7-15(10)14-11/h4-7,9H,3,8H2,1-2H3,(H,12,14). The molecule has 0 aromatic carbocycles. The van der Waals surface area contributed by atoms with Gasteiger partial charge in [0.1, 0.15) is 0 Å². The number of hydrogen-bond donors (Lipinski definition) is 1. The molecule has 0 saturated heterocycles. The minimum atomic E-state index is 0.391. The molecule has 16 heavy (non-hydrogen) atoms. The number of anilines is 1. The predicted octanol–water partition coefficient (Wildman–Crippen LogP) is 2.28. The molecule has 2 rings (SSSR count). The molecule has 0 amide bonds. The lowest BCUT2D eigenvalue weighted by molar-refractivity contribution is 0.875. The summed E-state index contributed by atoms with van der Waals surface area (Å²) in [6.07, 6.45) is 1.90. The number of rotatable bonds is 5. The van der Waals surface area contributed by atoms with E-state index in [2.05, 4.69) is 29.2 Å². The van der Waals surface area contributed by atoms with Crippen molar-refractivity contribution in [2.45, 2.75) is 19.9 Å². The van der Waals surface area contributed by atoms with Crippen LogP contribution >= 0.6 is 11.8 Å². The van der Waals surface area contributed by atoms with Gasteiger partial charge in [0.05, 0.1) is 0 Å². The van der Waals surface area contributed by atoms with Gasteiger partial charge < -0.3 is 5.32 Å². The summed E-state index contributed by atoms with van der Waals surface area (Å²) in [7, 11) is 0. The molecule has 0 aliphatic carbocycles. The normalized spacial score (nSPS) is 12.9. The van der Waals surface area contributed by atoms with Crippen molar-refractivity contribution in [1.82, 2.24) is 14.6 Å². The third kappa shape index (κ3) is 2.66. The summed E-state index contributed by atoms with van der Waals surface area (Å²) in [5.41, 5.74) is 0.875. The third-order valence-electron chi connectivity index (χ3n) is 2.19. The van der Waals surface area contributed by atoms with E-state index in [1.807, 2.05) is 36.2 Å². The number of nitrogens with one attached hydrogen (secondary N) is 1. The zero-order valence-electron chi connectivity index (χ0n) is 9.55. The minimum Gasteiger partial charge on any atom is -0.350 e. The van der Waals surface area contributed by atoms with Gasteiger partial charge in [0.2, 0.25) is 5.95 Å². The molecular weight excluding hydrogens is 220 g/mol. The SMILES string of the molecule is CCSCC(C)Nc1nc2ccccn2n1. The van der Waals surface area contributed by atoms with Gasteiger partial charge in [-0.05, 0) is 24.8 Å².